The van der Waals surface area contributed by atoms with Crippen LogP contribution in [0.4, 0.5) is 0 Å². The van der Waals surface area contributed by atoms with E-state index in [-0.39, 0.29) is 0 Å². The molecule has 0 aliphatic rings. The molecule has 0 rings (SSSR count). The van der Waals surface area contributed by atoms with E-state index < -0.39 is 0 Å². The number of rotatable bonds is 6. The van der Waals surface area contributed by atoms with E-state index in [1.54, 1.807) is 0 Å². The summed E-state index contributed by atoms with van der Waals surface area (Å²) in [6.07, 6.45) is 6.12. The second-order valence-corrected chi connectivity index (χ2v) is 2.91. The van der Waals surface area contributed by atoms with Crippen LogP contribution in [0.25, 0.3) is 0 Å². The summed E-state index contributed by atoms with van der Waals surface area (Å²) in [6.45, 7) is 7.63. The third kappa shape index (κ3) is 6.08. The lowest BCUT2D eigenvalue weighted by Gasteiger charge is -2.01. The molecule has 0 heterocycles. The van der Waals surface area contributed by atoms with Crippen molar-refractivity contribution in [2.45, 2.75) is 52.9 Å². The Morgan fingerprint density at radius 3 is 2.27 bits per heavy atom. The summed E-state index contributed by atoms with van der Waals surface area (Å²) in [7, 11) is 0. The van der Waals surface area contributed by atoms with E-state index in [2.05, 4.69) is 25.8 Å². The summed E-state index contributed by atoms with van der Waals surface area (Å²) >= 11 is 0. The van der Waals surface area contributed by atoms with Crippen LogP contribution in [0.2, 0.25) is 0 Å². The molecule has 0 aliphatic heterocycles. The summed E-state index contributed by atoms with van der Waals surface area (Å²) in [5, 5.41) is 0. The van der Waals surface area contributed by atoms with Crippen molar-refractivity contribution in [1.29, 1.82) is 0 Å². The van der Waals surface area contributed by atoms with Crippen LogP contribution in [-0.4, -0.2) is 12.3 Å². The zero-order valence-electron chi connectivity index (χ0n) is 8.19. The molecule has 0 saturated carbocycles. The van der Waals surface area contributed by atoms with E-state index in [1.165, 1.54) is 31.4 Å². The largest absolute Gasteiger partial charge is 0.294 e. The first-order chi connectivity index (χ1) is 5.35. The fraction of sp³-hybridized carbons (Fsp3) is 0.900. The lowest BCUT2D eigenvalue weighted by atomic mass is 10.1. The van der Waals surface area contributed by atoms with Crippen molar-refractivity contribution in [3.63, 3.8) is 0 Å². The lowest BCUT2D eigenvalue weighted by Crippen LogP contribution is -1.97. The van der Waals surface area contributed by atoms with Gasteiger partial charge in [-0.05, 0) is 25.7 Å². The zero-order valence-corrected chi connectivity index (χ0v) is 8.19. The van der Waals surface area contributed by atoms with E-state index in [4.69, 9.17) is 0 Å². The fourth-order valence-corrected chi connectivity index (χ4v) is 1.02. The molecule has 0 radical (unpaired) electrons. The average Bonchev–Trinajstić information content (AvgIpc) is 2.05. The van der Waals surface area contributed by atoms with Crippen molar-refractivity contribution in [1.82, 2.24) is 0 Å². The Kier molecular flexibility index (Phi) is 7.54. The molecule has 11 heavy (non-hydrogen) atoms. The normalized spacial score (nSPS) is 12.1. The summed E-state index contributed by atoms with van der Waals surface area (Å²) in [6, 6.07) is 0. The molecule has 1 nitrogen and oxygen atoms in total. The number of nitrogens with zero attached hydrogens (tertiary/aromatic N) is 1. The summed E-state index contributed by atoms with van der Waals surface area (Å²) in [4.78, 5) is 4.51. The lowest BCUT2D eigenvalue weighted by molar-refractivity contribution is 0.815. The Morgan fingerprint density at radius 2 is 1.82 bits per heavy atom. The molecular formula is C10H21N. The number of hydrogen-bond donors (Lipinski definition) is 0. The molecule has 0 spiro atoms. The van der Waals surface area contributed by atoms with Gasteiger partial charge in [-0.15, -0.1) is 0 Å². The second-order valence-electron chi connectivity index (χ2n) is 2.91. The number of aliphatic imine (C=N–C) groups is 1. The molecule has 0 unspecified atom stereocenters. The first kappa shape index (κ1) is 10.7. The van der Waals surface area contributed by atoms with Gasteiger partial charge < -0.3 is 0 Å². The minimum atomic E-state index is 1.02. The summed E-state index contributed by atoms with van der Waals surface area (Å²) in [5.41, 5.74) is 1.41. The van der Waals surface area contributed by atoms with Crippen molar-refractivity contribution in [3.8, 4) is 0 Å². The highest BCUT2D eigenvalue weighted by molar-refractivity contribution is 5.84. The van der Waals surface area contributed by atoms with Crippen LogP contribution in [-0.2, 0) is 0 Å². The van der Waals surface area contributed by atoms with E-state index in [0.29, 0.717) is 0 Å². The SMILES string of the molecule is CCCC/C(CC)=N\CCC. The molecule has 0 amide bonds. The molecule has 0 atom stereocenters. The van der Waals surface area contributed by atoms with E-state index in [9.17, 15) is 0 Å². The molecule has 0 fully saturated rings. The van der Waals surface area contributed by atoms with Gasteiger partial charge in [0.15, 0.2) is 0 Å². The van der Waals surface area contributed by atoms with Crippen LogP contribution in [0.3, 0.4) is 0 Å². The topological polar surface area (TPSA) is 12.4 Å². The summed E-state index contributed by atoms with van der Waals surface area (Å²) in [5.74, 6) is 0. The third-order valence-electron chi connectivity index (χ3n) is 1.79. The molecule has 0 saturated heterocycles. The minimum Gasteiger partial charge on any atom is -0.294 e. The minimum absolute atomic E-state index is 1.02. The molecule has 0 bridgehead atoms. The highest BCUT2D eigenvalue weighted by Gasteiger charge is 1.93. The first-order valence-corrected chi connectivity index (χ1v) is 4.87. The van der Waals surface area contributed by atoms with Gasteiger partial charge >= 0.3 is 0 Å². The molecule has 0 aromatic heterocycles. The van der Waals surface area contributed by atoms with E-state index in [1.807, 2.05) is 0 Å². The van der Waals surface area contributed by atoms with Gasteiger partial charge in [0, 0.05) is 12.3 Å². The van der Waals surface area contributed by atoms with Crippen molar-refractivity contribution in [3.05, 3.63) is 0 Å². The Morgan fingerprint density at radius 1 is 1.09 bits per heavy atom. The predicted molar refractivity (Wildman–Crippen MR) is 52.4 cm³/mol. The van der Waals surface area contributed by atoms with Crippen LogP contribution in [0.5, 0.6) is 0 Å². The standard InChI is InChI=1S/C10H21N/c1-4-7-8-10(6-3)11-9-5-2/h4-9H2,1-3H3/b11-10-. The Hall–Kier alpha value is -0.330. The van der Waals surface area contributed by atoms with E-state index in [0.717, 1.165) is 13.0 Å². The summed E-state index contributed by atoms with van der Waals surface area (Å²) < 4.78 is 0. The van der Waals surface area contributed by atoms with Gasteiger partial charge in [0.1, 0.15) is 0 Å². The first-order valence-electron chi connectivity index (χ1n) is 4.87. The number of hydrogen-bond acceptors (Lipinski definition) is 1. The quantitative estimate of drug-likeness (QED) is 0.521. The van der Waals surface area contributed by atoms with Gasteiger partial charge in [0.25, 0.3) is 0 Å². The Labute approximate surface area is 70.9 Å². The van der Waals surface area contributed by atoms with Crippen LogP contribution in [0.15, 0.2) is 4.99 Å². The Bertz CT molecular complexity index is 105. The van der Waals surface area contributed by atoms with Crippen LogP contribution in [0, 0.1) is 0 Å². The van der Waals surface area contributed by atoms with Crippen molar-refractivity contribution >= 4 is 5.71 Å². The maximum Gasteiger partial charge on any atom is 0.0386 e. The third-order valence-corrected chi connectivity index (χ3v) is 1.79. The van der Waals surface area contributed by atoms with E-state index >= 15 is 0 Å². The fourth-order valence-electron chi connectivity index (χ4n) is 1.02. The van der Waals surface area contributed by atoms with Crippen LogP contribution < -0.4 is 0 Å². The molecule has 0 aromatic carbocycles. The van der Waals surface area contributed by atoms with Crippen LogP contribution >= 0.6 is 0 Å². The average molecular weight is 155 g/mol. The van der Waals surface area contributed by atoms with Gasteiger partial charge in [-0.2, -0.15) is 0 Å². The monoisotopic (exact) mass is 155 g/mol. The zero-order chi connectivity index (χ0) is 8.53. The highest BCUT2D eigenvalue weighted by atomic mass is 14.7. The molecular weight excluding hydrogens is 134 g/mol. The smallest absolute Gasteiger partial charge is 0.0386 e. The van der Waals surface area contributed by atoms with Crippen LogP contribution in [0.1, 0.15) is 52.9 Å². The molecule has 1 heteroatoms. The second kappa shape index (κ2) is 7.77. The molecule has 0 N–H and O–H groups in total. The predicted octanol–water partition coefficient (Wildman–Crippen LogP) is 3.44. The van der Waals surface area contributed by atoms with Crippen molar-refractivity contribution in [2.24, 2.45) is 4.99 Å². The molecule has 66 valence electrons. The Balaban J connectivity index is 3.55. The van der Waals surface area contributed by atoms with Gasteiger partial charge in [-0.3, -0.25) is 4.99 Å². The van der Waals surface area contributed by atoms with Gasteiger partial charge in [0.05, 0.1) is 0 Å². The molecule has 0 aromatic rings. The van der Waals surface area contributed by atoms with Gasteiger partial charge in [-0.25, -0.2) is 0 Å². The maximum absolute atomic E-state index is 4.51. The van der Waals surface area contributed by atoms with Crippen molar-refractivity contribution in [2.75, 3.05) is 6.54 Å². The number of unbranched alkanes of at least 4 members (excludes halogenated alkanes) is 1. The van der Waals surface area contributed by atoms with Gasteiger partial charge in [-0.1, -0.05) is 27.2 Å². The van der Waals surface area contributed by atoms with Gasteiger partial charge in [0.2, 0.25) is 0 Å². The maximum atomic E-state index is 4.51. The highest BCUT2D eigenvalue weighted by Crippen LogP contribution is 2.00. The van der Waals surface area contributed by atoms with Crippen molar-refractivity contribution < 1.29 is 0 Å². The molecule has 0 aliphatic carbocycles.